The third-order valence-electron chi connectivity index (χ3n) is 3.47. The van der Waals surface area contributed by atoms with Gasteiger partial charge in [0.2, 0.25) is 0 Å². The smallest absolute Gasteiger partial charge is 0.0693 e. The SMILES string of the molecule is CCn1ncc(Br)c1C(N)CCc1ccccc1C. The standard InChI is InChI=1S/C15H20BrN3/c1-3-19-15(13(16)10-18-19)14(17)9-8-12-7-5-4-6-11(12)2/h4-7,10,14H,3,8-9,17H2,1-2H3. The van der Waals surface area contributed by atoms with Crippen LogP contribution in [-0.2, 0) is 13.0 Å². The highest BCUT2D eigenvalue weighted by Crippen LogP contribution is 2.25. The summed E-state index contributed by atoms with van der Waals surface area (Å²) in [5, 5.41) is 4.32. The molecule has 0 aliphatic heterocycles. The predicted molar refractivity (Wildman–Crippen MR) is 82.0 cm³/mol. The van der Waals surface area contributed by atoms with Crippen molar-refractivity contribution in [2.75, 3.05) is 0 Å². The fraction of sp³-hybridized carbons (Fsp3) is 0.400. The molecule has 1 unspecified atom stereocenters. The van der Waals surface area contributed by atoms with E-state index in [1.165, 1.54) is 11.1 Å². The molecule has 0 fully saturated rings. The molecule has 0 spiro atoms. The van der Waals surface area contributed by atoms with Crippen molar-refractivity contribution in [1.29, 1.82) is 0 Å². The van der Waals surface area contributed by atoms with E-state index in [-0.39, 0.29) is 6.04 Å². The van der Waals surface area contributed by atoms with Crippen LogP contribution in [0.15, 0.2) is 34.9 Å². The Kier molecular flexibility index (Phi) is 4.77. The molecule has 0 amide bonds. The van der Waals surface area contributed by atoms with E-state index < -0.39 is 0 Å². The Bertz CT molecular complexity index is 548. The van der Waals surface area contributed by atoms with Crippen LogP contribution < -0.4 is 5.73 Å². The van der Waals surface area contributed by atoms with Gasteiger partial charge < -0.3 is 5.73 Å². The number of rotatable bonds is 5. The number of nitrogens with two attached hydrogens (primary N) is 1. The predicted octanol–water partition coefficient (Wildman–Crippen LogP) is 3.61. The summed E-state index contributed by atoms with van der Waals surface area (Å²) < 4.78 is 2.97. The van der Waals surface area contributed by atoms with Crippen LogP contribution in [0.2, 0.25) is 0 Å². The Morgan fingerprint density at radius 2 is 2.11 bits per heavy atom. The molecule has 4 heteroatoms. The third-order valence-corrected chi connectivity index (χ3v) is 4.08. The van der Waals surface area contributed by atoms with Gasteiger partial charge in [-0.1, -0.05) is 24.3 Å². The van der Waals surface area contributed by atoms with Crippen LogP contribution in [0.5, 0.6) is 0 Å². The zero-order valence-electron chi connectivity index (χ0n) is 11.4. The fourth-order valence-electron chi connectivity index (χ4n) is 2.33. The molecule has 1 heterocycles. The summed E-state index contributed by atoms with van der Waals surface area (Å²) in [6.45, 7) is 5.07. The van der Waals surface area contributed by atoms with Gasteiger partial charge in [-0.2, -0.15) is 5.10 Å². The number of benzene rings is 1. The van der Waals surface area contributed by atoms with Crippen LogP contribution in [0.1, 0.15) is 36.2 Å². The molecule has 0 radical (unpaired) electrons. The summed E-state index contributed by atoms with van der Waals surface area (Å²) in [4.78, 5) is 0. The molecule has 1 aromatic heterocycles. The zero-order valence-corrected chi connectivity index (χ0v) is 13.0. The van der Waals surface area contributed by atoms with Crippen LogP contribution in [0.3, 0.4) is 0 Å². The maximum Gasteiger partial charge on any atom is 0.0693 e. The first-order valence-electron chi connectivity index (χ1n) is 6.64. The van der Waals surface area contributed by atoms with Gasteiger partial charge in [0.25, 0.3) is 0 Å². The third kappa shape index (κ3) is 3.25. The van der Waals surface area contributed by atoms with Gasteiger partial charge in [0, 0.05) is 12.6 Å². The molecule has 2 rings (SSSR count). The molecule has 2 aromatic rings. The normalized spacial score (nSPS) is 12.6. The minimum Gasteiger partial charge on any atom is -0.323 e. The second-order valence-corrected chi connectivity index (χ2v) is 5.62. The molecule has 102 valence electrons. The molecule has 0 aliphatic carbocycles. The lowest BCUT2D eigenvalue weighted by Gasteiger charge is -2.15. The van der Waals surface area contributed by atoms with Crippen LogP contribution in [0.4, 0.5) is 0 Å². The molecule has 1 atom stereocenters. The Morgan fingerprint density at radius 3 is 2.79 bits per heavy atom. The van der Waals surface area contributed by atoms with Crippen molar-refractivity contribution in [1.82, 2.24) is 9.78 Å². The summed E-state index contributed by atoms with van der Waals surface area (Å²) in [6.07, 6.45) is 3.75. The van der Waals surface area contributed by atoms with Gasteiger partial charge in [-0.3, -0.25) is 4.68 Å². The van der Waals surface area contributed by atoms with Gasteiger partial charge >= 0.3 is 0 Å². The number of halogens is 1. The largest absolute Gasteiger partial charge is 0.323 e. The lowest BCUT2D eigenvalue weighted by atomic mass is 10.00. The van der Waals surface area contributed by atoms with E-state index in [1.54, 1.807) is 0 Å². The molecular weight excluding hydrogens is 302 g/mol. The van der Waals surface area contributed by atoms with Crippen molar-refractivity contribution < 1.29 is 0 Å². The number of nitrogens with zero attached hydrogens (tertiary/aromatic N) is 2. The molecule has 0 saturated carbocycles. The zero-order chi connectivity index (χ0) is 13.8. The van der Waals surface area contributed by atoms with Crippen molar-refractivity contribution in [3.05, 3.63) is 51.8 Å². The van der Waals surface area contributed by atoms with Gasteiger partial charge in [-0.15, -0.1) is 0 Å². The fourth-order valence-corrected chi connectivity index (χ4v) is 2.92. The number of aryl methyl sites for hydroxylation is 3. The number of hydrogen-bond donors (Lipinski definition) is 1. The number of aromatic nitrogens is 2. The minimum atomic E-state index is 0.0106. The summed E-state index contributed by atoms with van der Waals surface area (Å²) in [6, 6.07) is 8.49. The second kappa shape index (κ2) is 6.35. The molecule has 0 aliphatic rings. The van der Waals surface area contributed by atoms with Crippen LogP contribution in [-0.4, -0.2) is 9.78 Å². The van der Waals surface area contributed by atoms with Crippen LogP contribution in [0, 0.1) is 6.92 Å². The highest BCUT2D eigenvalue weighted by Gasteiger charge is 2.16. The maximum atomic E-state index is 6.32. The second-order valence-electron chi connectivity index (χ2n) is 4.77. The Morgan fingerprint density at radius 1 is 1.37 bits per heavy atom. The van der Waals surface area contributed by atoms with E-state index in [4.69, 9.17) is 5.73 Å². The molecule has 2 N–H and O–H groups in total. The van der Waals surface area contributed by atoms with Gasteiger partial charge in [0.05, 0.1) is 16.4 Å². The number of hydrogen-bond acceptors (Lipinski definition) is 2. The molecule has 3 nitrogen and oxygen atoms in total. The van der Waals surface area contributed by atoms with Gasteiger partial charge in [0.1, 0.15) is 0 Å². The molecule has 0 bridgehead atoms. The summed E-state index contributed by atoms with van der Waals surface area (Å²) >= 11 is 3.54. The first-order valence-corrected chi connectivity index (χ1v) is 7.44. The van der Waals surface area contributed by atoms with Crippen LogP contribution in [0.25, 0.3) is 0 Å². The lowest BCUT2D eigenvalue weighted by Crippen LogP contribution is -2.17. The van der Waals surface area contributed by atoms with E-state index >= 15 is 0 Å². The van der Waals surface area contributed by atoms with E-state index in [9.17, 15) is 0 Å². The maximum absolute atomic E-state index is 6.32. The average molecular weight is 322 g/mol. The Balaban J connectivity index is 2.07. The molecule has 19 heavy (non-hydrogen) atoms. The molecular formula is C15H20BrN3. The average Bonchev–Trinajstić information content (AvgIpc) is 2.78. The van der Waals surface area contributed by atoms with Gasteiger partial charge in [0.15, 0.2) is 0 Å². The molecule has 1 aromatic carbocycles. The van der Waals surface area contributed by atoms with E-state index in [0.717, 1.165) is 29.6 Å². The van der Waals surface area contributed by atoms with E-state index in [2.05, 4.69) is 59.1 Å². The monoisotopic (exact) mass is 321 g/mol. The summed E-state index contributed by atoms with van der Waals surface area (Å²) in [5.41, 5.74) is 10.1. The molecule has 0 saturated heterocycles. The van der Waals surface area contributed by atoms with Crippen molar-refractivity contribution in [2.24, 2.45) is 5.73 Å². The minimum absolute atomic E-state index is 0.0106. The van der Waals surface area contributed by atoms with Gasteiger partial charge in [-0.05, 0) is 53.7 Å². The van der Waals surface area contributed by atoms with E-state index in [0.29, 0.717) is 0 Å². The Labute approximate surface area is 122 Å². The van der Waals surface area contributed by atoms with Crippen LogP contribution >= 0.6 is 15.9 Å². The van der Waals surface area contributed by atoms with Crippen molar-refractivity contribution in [2.45, 2.75) is 39.3 Å². The first kappa shape index (κ1) is 14.3. The summed E-state index contributed by atoms with van der Waals surface area (Å²) in [7, 11) is 0. The highest BCUT2D eigenvalue weighted by molar-refractivity contribution is 9.10. The topological polar surface area (TPSA) is 43.8 Å². The Hall–Kier alpha value is -1.13. The van der Waals surface area contributed by atoms with Crippen molar-refractivity contribution >= 4 is 15.9 Å². The quantitative estimate of drug-likeness (QED) is 0.914. The lowest BCUT2D eigenvalue weighted by molar-refractivity contribution is 0.545. The summed E-state index contributed by atoms with van der Waals surface area (Å²) in [5.74, 6) is 0. The first-order chi connectivity index (χ1) is 9.13. The highest BCUT2D eigenvalue weighted by atomic mass is 79.9. The van der Waals surface area contributed by atoms with Gasteiger partial charge in [-0.25, -0.2) is 0 Å². The van der Waals surface area contributed by atoms with E-state index in [1.807, 2.05) is 10.9 Å². The van der Waals surface area contributed by atoms with Crippen molar-refractivity contribution in [3.8, 4) is 0 Å². The van der Waals surface area contributed by atoms with Crippen molar-refractivity contribution in [3.63, 3.8) is 0 Å².